The van der Waals surface area contributed by atoms with E-state index in [0.29, 0.717) is 4.88 Å². The second kappa shape index (κ2) is 6.29. The van der Waals surface area contributed by atoms with E-state index in [4.69, 9.17) is 12.2 Å². The van der Waals surface area contributed by atoms with E-state index < -0.39 is 10.8 Å². The number of non-ortho nitro benzene ring substituents is 1. The summed E-state index contributed by atoms with van der Waals surface area (Å²) in [6, 6.07) is 6.81. The number of hydrogen-bond donors (Lipinski definition) is 3. The van der Waals surface area contributed by atoms with E-state index >= 15 is 0 Å². The first-order valence-electron chi connectivity index (χ1n) is 5.60. The topological polar surface area (TPSA) is 104 Å². The van der Waals surface area contributed by atoms with Crippen molar-refractivity contribution in [2.45, 2.75) is 0 Å². The molecular weight excluding hydrogens is 314 g/mol. The lowest BCUT2D eigenvalue weighted by Crippen LogP contribution is -2.33. The Morgan fingerprint density at radius 2 is 2.14 bits per heavy atom. The molecule has 1 amide bonds. The van der Waals surface area contributed by atoms with Gasteiger partial charge in [-0.15, -0.1) is 11.3 Å². The van der Waals surface area contributed by atoms with Crippen molar-refractivity contribution in [3.05, 3.63) is 50.7 Å². The van der Waals surface area contributed by atoms with E-state index in [9.17, 15) is 20.0 Å². The molecule has 0 unspecified atom stereocenters. The summed E-state index contributed by atoms with van der Waals surface area (Å²) < 4.78 is 0. The number of nitrogens with one attached hydrogen (secondary N) is 2. The molecule has 0 aliphatic carbocycles. The highest BCUT2D eigenvalue weighted by Gasteiger charge is 2.13. The van der Waals surface area contributed by atoms with Crippen molar-refractivity contribution >= 4 is 45.9 Å². The Labute approximate surface area is 128 Å². The minimum Gasteiger partial charge on any atom is -0.506 e. The number of nitro groups is 1. The summed E-state index contributed by atoms with van der Waals surface area (Å²) in [5.74, 6) is -0.610. The number of thiocarbonyl (C=S) groups is 1. The van der Waals surface area contributed by atoms with Gasteiger partial charge in [0.15, 0.2) is 5.11 Å². The van der Waals surface area contributed by atoms with Crippen LogP contribution in [0.1, 0.15) is 9.67 Å². The Balaban J connectivity index is 2.07. The molecule has 0 radical (unpaired) electrons. The lowest BCUT2D eigenvalue weighted by molar-refractivity contribution is -0.384. The van der Waals surface area contributed by atoms with E-state index in [2.05, 4.69) is 10.6 Å². The predicted molar refractivity (Wildman–Crippen MR) is 82.8 cm³/mol. The van der Waals surface area contributed by atoms with E-state index in [1.165, 1.54) is 17.4 Å². The minimum atomic E-state index is -0.599. The van der Waals surface area contributed by atoms with Crippen LogP contribution >= 0.6 is 23.6 Å². The fraction of sp³-hybridized carbons (Fsp3) is 0. The molecule has 7 nitrogen and oxygen atoms in total. The smallest absolute Gasteiger partial charge is 0.271 e. The molecule has 0 spiro atoms. The van der Waals surface area contributed by atoms with Gasteiger partial charge >= 0.3 is 0 Å². The summed E-state index contributed by atoms with van der Waals surface area (Å²) in [7, 11) is 0. The Bertz CT molecular complexity index is 701. The molecule has 108 valence electrons. The van der Waals surface area contributed by atoms with Crippen molar-refractivity contribution in [1.82, 2.24) is 5.32 Å². The molecule has 0 aliphatic rings. The Morgan fingerprint density at radius 3 is 2.76 bits per heavy atom. The van der Waals surface area contributed by atoms with E-state index in [1.54, 1.807) is 17.5 Å². The number of nitrogens with zero attached hydrogens (tertiary/aromatic N) is 1. The van der Waals surface area contributed by atoms with Gasteiger partial charge in [-0.05, 0) is 29.7 Å². The van der Waals surface area contributed by atoms with Gasteiger partial charge in [0.25, 0.3) is 11.6 Å². The van der Waals surface area contributed by atoms with Gasteiger partial charge in [-0.2, -0.15) is 0 Å². The van der Waals surface area contributed by atoms with Gasteiger partial charge in [0.1, 0.15) is 5.75 Å². The molecule has 2 rings (SSSR count). The molecule has 9 heteroatoms. The summed E-state index contributed by atoms with van der Waals surface area (Å²) >= 11 is 6.19. The van der Waals surface area contributed by atoms with Gasteiger partial charge < -0.3 is 10.4 Å². The van der Waals surface area contributed by atoms with Crippen molar-refractivity contribution < 1.29 is 14.8 Å². The third-order valence-corrected chi connectivity index (χ3v) is 3.48. The van der Waals surface area contributed by atoms with Gasteiger partial charge in [-0.1, -0.05) is 6.07 Å². The standard InChI is InChI=1S/C12H9N3O4S2/c16-9-4-3-7(15(18)19)6-8(9)13-12(20)14-11(17)10-2-1-5-21-10/h1-6,16H,(H2,13,14,17,20). The van der Waals surface area contributed by atoms with Crippen LogP contribution in [0.5, 0.6) is 5.75 Å². The molecule has 0 saturated heterocycles. The maximum absolute atomic E-state index is 11.8. The van der Waals surface area contributed by atoms with Gasteiger partial charge in [-0.25, -0.2) is 0 Å². The summed E-state index contributed by atoms with van der Waals surface area (Å²) in [4.78, 5) is 22.3. The van der Waals surface area contributed by atoms with Crippen molar-refractivity contribution in [2.24, 2.45) is 0 Å². The van der Waals surface area contributed by atoms with Crippen LogP contribution in [-0.4, -0.2) is 21.0 Å². The van der Waals surface area contributed by atoms with Crippen LogP contribution in [0.3, 0.4) is 0 Å². The molecule has 21 heavy (non-hydrogen) atoms. The zero-order valence-electron chi connectivity index (χ0n) is 10.4. The number of carbonyl (C=O) groups excluding carboxylic acids is 1. The number of aromatic hydroxyl groups is 1. The first-order chi connectivity index (χ1) is 9.97. The Hall–Kier alpha value is -2.52. The third-order valence-electron chi connectivity index (χ3n) is 2.41. The molecule has 0 atom stereocenters. The number of rotatable bonds is 3. The quantitative estimate of drug-likeness (QED) is 0.347. The summed E-state index contributed by atoms with van der Waals surface area (Å²) in [6.07, 6.45) is 0. The lowest BCUT2D eigenvalue weighted by Gasteiger charge is -2.10. The normalized spacial score (nSPS) is 9.90. The molecule has 0 bridgehead atoms. The predicted octanol–water partition coefficient (Wildman–Crippen LogP) is 2.49. The van der Waals surface area contributed by atoms with E-state index in [-0.39, 0.29) is 22.2 Å². The highest BCUT2D eigenvalue weighted by Crippen LogP contribution is 2.27. The molecule has 0 fully saturated rings. The number of phenols is 1. The molecule has 1 aromatic heterocycles. The average Bonchev–Trinajstić information content (AvgIpc) is 2.95. The molecular formula is C12H9N3O4S2. The molecule has 1 aromatic carbocycles. The summed E-state index contributed by atoms with van der Waals surface area (Å²) in [5, 5.41) is 27.0. The zero-order chi connectivity index (χ0) is 15.4. The molecule has 0 aliphatic heterocycles. The number of amides is 1. The second-order valence-electron chi connectivity index (χ2n) is 3.84. The van der Waals surface area contributed by atoms with E-state index in [1.807, 2.05) is 0 Å². The van der Waals surface area contributed by atoms with Crippen LogP contribution in [0.2, 0.25) is 0 Å². The van der Waals surface area contributed by atoms with Crippen LogP contribution in [0.25, 0.3) is 0 Å². The van der Waals surface area contributed by atoms with Crippen LogP contribution in [0.15, 0.2) is 35.7 Å². The van der Waals surface area contributed by atoms with Crippen molar-refractivity contribution in [3.8, 4) is 5.75 Å². The number of thiophene rings is 1. The Kier molecular flexibility index (Phi) is 4.45. The number of anilines is 1. The van der Waals surface area contributed by atoms with E-state index in [0.717, 1.165) is 12.1 Å². The van der Waals surface area contributed by atoms with Gasteiger partial charge in [0.05, 0.1) is 15.5 Å². The number of phenolic OH excluding ortho intramolecular Hbond substituents is 1. The van der Waals surface area contributed by atoms with Crippen molar-refractivity contribution in [2.75, 3.05) is 5.32 Å². The summed E-state index contributed by atoms with van der Waals surface area (Å²) in [5.41, 5.74) is -0.164. The fourth-order valence-corrected chi connectivity index (χ4v) is 2.29. The maximum Gasteiger partial charge on any atom is 0.271 e. The number of benzene rings is 1. The fourth-order valence-electron chi connectivity index (χ4n) is 1.46. The van der Waals surface area contributed by atoms with Crippen LogP contribution in [0.4, 0.5) is 11.4 Å². The van der Waals surface area contributed by atoms with Crippen LogP contribution < -0.4 is 10.6 Å². The highest BCUT2D eigenvalue weighted by molar-refractivity contribution is 7.80. The van der Waals surface area contributed by atoms with Gasteiger partial charge in [0, 0.05) is 12.1 Å². The van der Waals surface area contributed by atoms with Crippen LogP contribution in [-0.2, 0) is 0 Å². The lowest BCUT2D eigenvalue weighted by atomic mass is 10.2. The number of hydrogen-bond acceptors (Lipinski definition) is 6. The SMILES string of the molecule is O=C(NC(=S)Nc1cc([N+](=O)[O-])ccc1O)c1cccs1. The second-order valence-corrected chi connectivity index (χ2v) is 5.20. The highest BCUT2D eigenvalue weighted by atomic mass is 32.1. The zero-order valence-corrected chi connectivity index (χ0v) is 12.0. The minimum absolute atomic E-state index is 0.0423. The third kappa shape index (κ3) is 3.74. The van der Waals surface area contributed by atoms with Crippen molar-refractivity contribution in [3.63, 3.8) is 0 Å². The van der Waals surface area contributed by atoms with Gasteiger partial charge in [0.2, 0.25) is 0 Å². The van der Waals surface area contributed by atoms with Crippen molar-refractivity contribution in [1.29, 1.82) is 0 Å². The monoisotopic (exact) mass is 323 g/mol. The molecule has 1 heterocycles. The Morgan fingerprint density at radius 1 is 1.38 bits per heavy atom. The van der Waals surface area contributed by atoms with Gasteiger partial charge in [-0.3, -0.25) is 20.2 Å². The maximum atomic E-state index is 11.8. The van der Waals surface area contributed by atoms with Crippen LogP contribution in [0, 0.1) is 10.1 Å². The average molecular weight is 323 g/mol. The first kappa shape index (κ1) is 14.9. The summed E-state index contributed by atoms with van der Waals surface area (Å²) in [6.45, 7) is 0. The molecule has 0 saturated carbocycles. The molecule has 2 aromatic rings. The first-order valence-corrected chi connectivity index (χ1v) is 6.89. The largest absolute Gasteiger partial charge is 0.506 e. The number of carbonyl (C=O) groups is 1. The number of nitro benzene ring substituents is 1. The molecule has 3 N–H and O–H groups in total.